The number of para-hydroxylation sites is 1. The van der Waals surface area contributed by atoms with Gasteiger partial charge in [-0.2, -0.15) is 4.31 Å². The molecule has 2 aromatic rings. The topological polar surface area (TPSA) is 70.9 Å². The Hall–Kier alpha value is -2.29. The molecule has 0 aromatic heterocycles. The molecule has 3 rings (SSSR count). The van der Waals surface area contributed by atoms with E-state index in [4.69, 9.17) is 0 Å². The fourth-order valence-corrected chi connectivity index (χ4v) is 4.60. The van der Waals surface area contributed by atoms with Crippen molar-refractivity contribution in [3.05, 3.63) is 60.4 Å². The van der Waals surface area contributed by atoms with Crippen molar-refractivity contribution in [2.45, 2.75) is 17.9 Å². The summed E-state index contributed by atoms with van der Waals surface area (Å²) in [5, 5.41) is 2.88. The summed E-state index contributed by atoms with van der Waals surface area (Å²) in [6.45, 7) is 3.54. The van der Waals surface area contributed by atoms with E-state index in [0.29, 0.717) is 26.2 Å². The number of carbonyl (C=O) groups excluding carboxylic acids is 1. The van der Waals surface area contributed by atoms with Crippen molar-refractivity contribution in [1.82, 2.24) is 4.31 Å². The van der Waals surface area contributed by atoms with Crippen molar-refractivity contribution in [2.75, 3.05) is 31.5 Å². The lowest BCUT2D eigenvalue weighted by Gasteiger charge is -2.34. The lowest BCUT2D eigenvalue weighted by molar-refractivity contribution is -0.917. The monoisotopic (exact) mass is 392 g/mol. The highest BCUT2D eigenvalue weighted by molar-refractivity contribution is 7.89. The Bertz CT molecular complexity index is 880. The maximum atomic E-state index is 13.0. The van der Waals surface area contributed by atoms with Crippen LogP contribution in [-0.4, -0.2) is 50.9 Å². The van der Waals surface area contributed by atoms with Crippen LogP contribution in [0.3, 0.4) is 0 Å². The Morgan fingerprint density at radius 1 is 1.07 bits per heavy atom. The first kappa shape index (κ1) is 19.5. The molecule has 1 heterocycles. The molecule has 0 aliphatic carbocycles. The Morgan fingerprint density at radius 3 is 2.26 bits per heavy atom. The van der Waals surface area contributed by atoms with Gasteiger partial charge < -0.3 is 10.2 Å². The van der Waals surface area contributed by atoms with Crippen LogP contribution in [0.25, 0.3) is 0 Å². The van der Waals surface area contributed by atoms with E-state index in [-0.39, 0.29) is 16.8 Å². The third-order valence-corrected chi connectivity index (χ3v) is 6.78. The summed E-state index contributed by atoms with van der Waals surface area (Å²) >= 11 is 0. The second-order valence-electron chi connectivity index (χ2n) is 6.59. The molecule has 1 atom stereocenters. The zero-order chi connectivity index (χ0) is 19.4. The summed E-state index contributed by atoms with van der Waals surface area (Å²) in [7, 11) is -3.64. The molecule has 8 heteroatoms. The van der Waals surface area contributed by atoms with Crippen LogP contribution in [0, 0.1) is 5.82 Å². The average molecular weight is 392 g/mol. The molecule has 2 aromatic carbocycles. The third kappa shape index (κ3) is 4.52. The van der Waals surface area contributed by atoms with Gasteiger partial charge in [0.05, 0.1) is 31.1 Å². The van der Waals surface area contributed by atoms with E-state index in [1.54, 1.807) is 0 Å². The van der Waals surface area contributed by atoms with Crippen LogP contribution in [0.1, 0.15) is 6.92 Å². The highest BCUT2D eigenvalue weighted by Crippen LogP contribution is 2.16. The van der Waals surface area contributed by atoms with Crippen molar-refractivity contribution in [1.29, 1.82) is 0 Å². The molecule has 144 valence electrons. The van der Waals surface area contributed by atoms with Gasteiger partial charge in [0.1, 0.15) is 5.82 Å². The van der Waals surface area contributed by atoms with Crippen molar-refractivity contribution in [3.8, 4) is 0 Å². The number of quaternary nitrogens is 1. The van der Waals surface area contributed by atoms with Gasteiger partial charge >= 0.3 is 0 Å². The number of piperazine rings is 1. The first-order chi connectivity index (χ1) is 12.9. The molecule has 1 aliphatic heterocycles. The van der Waals surface area contributed by atoms with Crippen molar-refractivity contribution >= 4 is 21.6 Å². The summed E-state index contributed by atoms with van der Waals surface area (Å²) in [6, 6.07) is 13.8. The molecule has 27 heavy (non-hydrogen) atoms. The first-order valence-corrected chi connectivity index (χ1v) is 10.3. The fourth-order valence-electron chi connectivity index (χ4n) is 3.16. The van der Waals surface area contributed by atoms with Crippen LogP contribution < -0.4 is 10.2 Å². The van der Waals surface area contributed by atoms with Crippen LogP contribution >= 0.6 is 0 Å². The zero-order valence-corrected chi connectivity index (χ0v) is 15.9. The van der Waals surface area contributed by atoms with Gasteiger partial charge in [0.15, 0.2) is 6.04 Å². The van der Waals surface area contributed by atoms with Gasteiger partial charge in [0, 0.05) is 5.69 Å². The zero-order valence-electron chi connectivity index (χ0n) is 15.1. The molecule has 0 saturated carbocycles. The van der Waals surface area contributed by atoms with Gasteiger partial charge in [-0.3, -0.25) is 4.79 Å². The molecule has 0 radical (unpaired) electrons. The molecule has 1 amide bonds. The maximum Gasteiger partial charge on any atom is 0.282 e. The minimum Gasteiger partial charge on any atom is -0.323 e. The largest absolute Gasteiger partial charge is 0.323 e. The van der Waals surface area contributed by atoms with E-state index in [2.05, 4.69) is 5.32 Å². The molecule has 0 unspecified atom stereocenters. The van der Waals surface area contributed by atoms with E-state index < -0.39 is 15.8 Å². The number of halogens is 1. The first-order valence-electron chi connectivity index (χ1n) is 8.84. The summed E-state index contributed by atoms with van der Waals surface area (Å²) in [5.41, 5.74) is 0.742. The number of nitrogens with one attached hydrogen (secondary N) is 2. The molecule has 0 bridgehead atoms. The second-order valence-corrected chi connectivity index (χ2v) is 8.53. The molecule has 0 spiro atoms. The fraction of sp³-hybridized carbons (Fsp3) is 0.316. The Kier molecular flexibility index (Phi) is 5.88. The van der Waals surface area contributed by atoms with E-state index in [1.807, 2.05) is 37.3 Å². The predicted octanol–water partition coefficient (Wildman–Crippen LogP) is 0.742. The van der Waals surface area contributed by atoms with E-state index in [0.717, 1.165) is 22.7 Å². The minimum atomic E-state index is -3.64. The number of hydrogen-bond donors (Lipinski definition) is 2. The molecular formula is C19H23FN3O3S+. The number of carbonyl (C=O) groups is 1. The molecule has 1 aliphatic rings. The lowest BCUT2D eigenvalue weighted by atomic mass is 10.2. The van der Waals surface area contributed by atoms with Crippen LogP contribution in [0.2, 0.25) is 0 Å². The Balaban J connectivity index is 1.59. The minimum absolute atomic E-state index is 0.0854. The lowest BCUT2D eigenvalue weighted by Crippen LogP contribution is -3.19. The highest BCUT2D eigenvalue weighted by Gasteiger charge is 2.34. The van der Waals surface area contributed by atoms with Gasteiger partial charge in [-0.05, 0) is 43.3 Å². The van der Waals surface area contributed by atoms with Crippen LogP contribution in [0.15, 0.2) is 59.5 Å². The van der Waals surface area contributed by atoms with Crippen molar-refractivity contribution in [3.63, 3.8) is 0 Å². The van der Waals surface area contributed by atoms with Crippen molar-refractivity contribution in [2.24, 2.45) is 0 Å². The SMILES string of the molecule is C[C@H](C(=O)Nc1ccccc1)[NH+]1CCN(S(=O)(=O)c2ccc(F)cc2)CC1. The van der Waals surface area contributed by atoms with E-state index in [1.165, 1.54) is 16.4 Å². The quantitative estimate of drug-likeness (QED) is 0.789. The van der Waals surface area contributed by atoms with E-state index in [9.17, 15) is 17.6 Å². The van der Waals surface area contributed by atoms with Crippen LogP contribution in [0.4, 0.5) is 10.1 Å². The van der Waals surface area contributed by atoms with Crippen LogP contribution in [-0.2, 0) is 14.8 Å². The number of nitrogens with zero attached hydrogens (tertiary/aromatic N) is 1. The number of amides is 1. The maximum absolute atomic E-state index is 13.0. The molecule has 6 nitrogen and oxygen atoms in total. The van der Waals surface area contributed by atoms with Crippen molar-refractivity contribution < 1.29 is 22.5 Å². The van der Waals surface area contributed by atoms with E-state index >= 15 is 0 Å². The molecule has 1 saturated heterocycles. The van der Waals surface area contributed by atoms with Gasteiger partial charge in [-0.1, -0.05) is 18.2 Å². The standard InChI is InChI=1S/C19H22FN3O3S/c1-15(19(24)21-17-5-3-2-4-6-17)22-11-13-23(14-12-22)27(25,26)18-9-7-16(20)8-10-18/h2-10,15H,11-14H2,1H3,(H,21,24)/p+1/t15-/m1/s1. The van der Waals surface area contributed by atoms with Crippen LogP contribution in [0.5, 0.6) is 0 Å². The molecule has 2 N–H and O–H groups in total. The number of anilines is 1. The summed E-state index contributed by atoms with van der Waals surface area (Å²) in [6.07, 6.45) is 0. The number of benzene rings is 2. The van der Waals surface area contributed by atoms with Gasteiger partial charge in [0.25, 0.3) is 5.91 Å². The number of hydrogen-bond acceptors (Lipinski definition) is 3. The third-order valence-electron chi connectivity index (χ3n) is 4.86. The molecular weight excluding hydrogens is 369 g/mol. The Labute approximate surface area is 158 Å². The van der Waals surface area contributed by atoms with Gasteiger partial charge in [-0.25, -0.2) is 12.8 Å². The normalized spacial score (nSPS) is 17.4. The number of rotatable bonds is 5. The van der Waals surface area contributed by atoms with Gasteiger partial charge in [0.2, 0.25) is 10.0 Å². The smallest absolute Gasteiger partial charge is 0.282 e. The Morgan fingerprint density at radius 2 is 1.67 bits per heavy atom. The number of sulfonamides is 1. The predicted molar refractivity (Wildman–Crippen MR) is 100 cm³/mol. The summed E-state index contributed by atoms with van der Waals surface area (Å²) < 4.78 is 39.8. The highest BCUT2D eigenvalue weighted by atomic mass is 32.2. The summed E-state index contributed by atoms with van der Waals surface area (Å²) in [4.78, 5) is 13.6. The van der Waals surface area contributed by atoms with Gasteiger partial charge in [-0.15, -0.1) is 0 Å². The second kappa shape index (κ2) is 8.16. The molecule has 1 fully saturated rings. The summed E-state index contributed by atoms with van der Waals surface area (Å²) in [5.74, 6) is -0.562. The average Bonchev–Trinajstić information content (AvgIpc) is 2.68.